The minimum absolute atomic E-state index is 0.0162. The molecular weight excluding hydrogens is 342 g/mol. The molecule has 2 aromatic rings. The van der Waals surface area contributed by atoms with Crippen molar-refractivity contribution in [3.8, 4) is 11.3 Å². The van der Waals surface area contributed by atoms with E-state index in [0.29, 0.717) is 6.42 Å². The van der Waals surface area contributed by atoms with E-state index in [0.717, 1.165) is 22.5 Å². The lowest BCUT2D eigenvalue weighted by atomic mass is 9.90. The lowest BCUT2D eigenvalue weighted by molar-refractivity contribution is -0.117. The van der Waals surface area contributed by atoms with Gasteiger partial charge in [-0.1, -0.05) is 12.1 Å². The molecule has 1 aliphatic heterocycles. The molecule has 1 aliphatic rings. The number of rotatable bonds is 3. The van der Waals surface area contributed by atoms with Gasteiger partial charge in [-0.3, -0.25) is 9.78 Å². The molecule has 0 unspecified atom stereocenters. The monoisotopic (exact) mass is 367 g/mol. The van der Waals surface area contributed by atoms with Crippen molar-refractivity contribution in [1.29, 1.82) is 0 Å². The van der Waals surface area contributed by atoms with E-state index < -0.39 is 6.09 Å². The lowest BCUT2D eigenvalue weighted by Gasteiger charge is -2.39. The molecule has 0 radical (unpaired) electrons. The third kappa shape index (κ3) is 4.10. The van der Waals surface area contributed by atoms with Crippen LogP contribution in [0.3, 0.4) is 0 Å². The van der Waals surface area contributed by atoms with Crippen LogP contribution >= 0.6 is 0 Å². The number of fused-ring (bicyclic) bond motifs is 1. The average Bonchev–Trinajstić information content (AvgIpc) is 2.61. The minimum atomic E-state index is -0.451. The predicted molar refractivity (Wildman–Crippen MR) is 104 cm³/mol. The molecule has 2 amide bonds. The van der Waals surface area contributed by atoms with Crippen LogP contribution < -0.4 is 10.2 Å². The first kappa shape index (κ1) is 18.9. The van der Waals surface area contributed by atoms with Crippen molar-refractivity contribution in [2.45, 2.75) is 52.3 Å². The van der Waals surface area contributed by atoms with Crippen molar-refractivity contribution < 1.29 is 14.3 Å². The first-order valence-electron chi connectivity index (χ1n) is 9.19. The molecule has 27 heavy (non-hydrogen) atoms. The minimum Gasteiger partial charge on any atom is -0.447 e. The Hall–Kier alpha value is -2.89. The Morgan fingerprint density at radius 1 is 1.26 bits per heavy atom. The highest BCUT2D eigenvalue weighted by molar-refractivity contribution is 5.94. The number of ether oxygens (including phenoxy) is 1. The number of aromatic nitrogens is 1. The summed E-state index contributed by atoms with van der Waals surface area (Å²) in [4.78, 5) is 30.6. The molecule has 142 valence electrons. The maximum Gasteiger partial charge on any atom is 0.407 e. The van der Waals surface area contributed by atoms with E-state index >= 15 is 0 Å². The second-order valence-corrected chi connectivity index (χ2v) is 7.11. The molecule has 6 heteroatoms. The highest BCUT2D eigenvalue weighted by Crippen LogP contribution is 2.39. The molecule has 1 aromatic heterocycles. The Balaban J connectivity index is 2.01. The summed E-state index contributed by atoms with van der Waals surface area (Å²) >= 11 is 0. The highest BCUT2D eigenvalue weighted by Gasteiger charge is 2.33. The number of hydrogen-bond acceptors (Lipinski definition) is 4. The first-order valence-corrected chi connectivity index (χ1v) is 9.19. The van der Waals surface area contributed by atoms with Crippen LogP contribution in [0, 0.1) is 0 Å². The highest BCUT2D eigenvalue weighted by atomic mass is 16.6. The summed E-state index contributed by atoms with van der Waals surface area (Å²) in [5.74, 6) is -0.0162. The Morgan fingerprint density at radius 2 is 2.04 bits per heavy atom. The number of nitrogens with zero attached hydrogens (tertiary/aromatic N) is 2. The van der Waals surface area contributed by atoms with Gasteiger partial charge in [-0.15, -0.1) is 0 Å². The van der Waals surface area contributed by atoms with Crippen LogP contribution in [0.1, 0.15) is 45.7 Å². The van der Waals surface area contributed by atoms with Crippen LogP contribution in [0.4, 0.5) is 10.5 Å². The maximum atomic E-state index is 12.2. The zero-order valence-corrected chi connectivity index (χ0v) is 16.1. The molecule has 0 saturated heterocycles. The first-order chi connectivity index (χ1) is 12.9. The van der Waals surface area contributed by atoms with Gasteiger partial charge in [-0.05, 0) is 57.0 Å². The van der Waals surface area contributed by atoms with Crippen molar-refractivity contribution in [2.75, 3.05) is 4.90 Å². The fourth-order valence-electron chi connectivity index (χ4n) is 3.56. The number of anilines is 1. The SMILES string of the molecule is CC(=O)N1c2ccc(-c3ccccn3)cc2[C@H](NC(=O)OC(C)C)C[C@@H]1C. The number of alkyl carbamates (subject to hydrolysis) is 1. The van der Waals surface area contributed by atoms with Crippen molar-refractivity contribution in [3.63, 3.8) is 0 Å². The zero-order valence-electron chi connectivity index (χ0n) is 16.1. The van der Waals surface area contributed by atoms with Crippen molar-refractivity contribution in [2.24, 2.45) is 0 Å². The van der Waals surface area contributed by atoms with E-state index in [1.807, 2.05) is 57.2 Å². The average molecular weight is 367 g/mol. The molecule has 2 atom stereocenters. The van der Waals surface area contributed by atoms with Gasteiger partial charge in [-0.2, -0.15) is 0 Å². The van der Waals surface area contributed by atoms with Gasteiger partial charge in [0.2, 0.25) is 5.91 Å². The van der Waals surface area contributed by atoms with E-state index in [1.54, 1.807) is 18.0 Å². The van der Waals surface area contributed by atoms with E-state index in [2.05, 4.69) is 10.3 Å². The van der Waals surface area contributed by atoms with E-state index in [-0.39, 0.29) is 24.1 Å². The zero-order chi connectivity index (χ0) is 19.6. The summed E-state index contributed by atoms with van der Waals surface area (Å²) in [5.41, 5.74) is 3.50. The quantitative estimate of drug-likeness (QED) is 0.888. The Labute approximate surface area is 159 Å². The van der Waals surface area contributed by atoms with Gasteiger partial charge >= 0.3 is 6.09 Å². The Morgan fingerprint density at radius 3 is 2.67 bits per heavy atom. The summed E-state index contributed by atoms with van der Waals surface area (Å²) in [6, 6.07) is 11.4. The second-order valence-electron chi connectivity index (χ2n) is 7.11. The largest absolute Gasteiger partial charge is 0.447 e. The molecule has 0 fully saturated rings. The third-order valence-corrected chi connectivity index (χ3v) is 4.61. The van der Waals surface area contributed by atoms with Gasteiger partial charge in [0.15, 0.2) is 0 Å². The van der Waals surface area contributed by atoms with Crippen LogP contribution in [-0.4, -0.2) is 29.1 Å². The van der Waals surface area contributed by atoms with Gasteiger partial charge in [-0.25, -0.2) is 4.79 Å². The summed E-state index contributed by atoms with van der Waals surface area (Å²) < 4.78 is 5.25. The smallest absolute Gasteiger partial charge is 0.407 e. The molecule has 1 aromatic carbocycles. The van der Waals surface area contributed by atoms with E-state index in [1.165, 1.54) is 0 Å². The second kappa shape index (κ2) is 7.78. The molecular formula is C21H25N3O3. The topological polar surface area (TPSA) is 71.5 Å². The lowest BCUT2D eigenvalue weighted by Crippen LogP contribution is -2.45. The Bertz CT molecular complexity index is 836. The number of hydrogen-bond donors (Lipinski definition) is 1. The normalized spacial score (nSPS) is 18.8. The molecule has 1 N–H and O–H groups in total. The standard InChI is InChI=1S/C21H25N3O3/c1-13(2)27-21(26)23-19-11-14(3)24(15(4)25)20-9-8-16(12-17(19)20)18-7-5-6-10-22-18/h5-10,12-14,19H,11H2,1-4H3,(H,23,26)/t14-,19+/m0/s1. The van der Waals surface area contributed by atoms with Crippen LogP contribution in [0.25, 0.3) is 11.3 Å². The number of carbonyl (C=O) groups is 2. The van der Waals surface area contributed by atoms with E-state index in [9.17, 15) is 9.59 Å². The number of pyridine rings is 1. The maximum absolute atomic E-state index is 12.2. The van der Waals surface area contributed by atoms with Crippen LogP contribution in [0.5, 0.6) is 0 Å². The van der Waals surface area contributed by atoms with Gasteiger partial charge < -0.3 is 15.0 Å². The summed E-state index contributed by atoms with van der Waals surface area (Å²) in [7, 11) is 0. The molecule has 0 bridgehead atoms. The van der Waals surface area contributed by atoms with E-state index in [4.69, 9.17) is 4.74 Å². The fraction of sp³-hybridized carbons (Fsp3) is 0.381. The summed E-state index contributed by atoms with van der Waals surface area (Å²) in [5, 5.41) is 2.96. The van der Waals surface area contributed by atoms with Gasteiger partial charge in [0.05, 0.1) is 17.8 Å². The van der Waals surface area contributed by atoms with Gasteiger partial charge in [0.1, 0.15) is 0 Å². The van der Waals surface area contributed by atoms with Crippen molar-refractivity contribution in [1.82, 2.24) is 10.3 Å². The number of amides is 2. The molecule has 0 aliphatic carbocycles. The molecule has 6 nitrogen and oxygen atoms in total. The molecule has 0 saturated carbocycles. The van der Waals surface area contributed by atoms with Crippen molar-refractivity contribution >= 4 is 17.7 Å². The van der Waals surface area contributed by atoms with Crippen LogP contribution in [-0.2, 0) is 9.53 Å². The molecule has 0 spiro atoms. The molecule has 2 heterocycles. The van der Waals surface area contributed by atoms with Crippen LogP contribution in [0.2, 0.25) is 0 Å². The third-order valence-electron chi connectivity index (χ3n) is 4.61. The fourth-order valence-corrected chi connectivity index (χ4v) is 3.56. The number of benzene rings is 1. The van der Waals surface area contributed by atoms with Crippen LogP contribution in [0.15, 0.2) is 42.6 Å². The number of nitrogens with one attached hydrogen (secondary N) is 1. The summed E-state index contributed by atoms with van der Waals surface area (Å²) in [6.07, 6.45) is 1.71. The molecule has 3 rings (SSSR count). The van der Waals surface area contributed by atoms with Gasteiger partial charge in [0.25, 0.3) is 0 Å². The van der Waals surface area contributed by atoms with Gasteiger partial charge in [0, 0.05) is 30.4 Å². The predicted octanol–water partition coefficient (Wildman–Crippen LogP) is 4.07. The summed E-state index contributed by atoms with van der Waals surface area (Å²) in [6.45, 7) is 7.18. The Kier molecular flexibility index (Phi) is 5.44. The number of carbonyl (C=O) groups excluding carboxylic acids is 2. The van der Waals surface area contributed by atoms with Crippen molar-refractivity contribution in [3.05, 3.63) is 48.2 Å².